The fourth-order valence-corrected chi connectivity index (χ4v) is 9.80. The predicted molar refractivity (Wildman–Crippen MR) is 424 cm³/mol. The van der Waals surface area contributed by atoms with Crippen molar-refractivity contribution < 1.29 is 140 Å². The number of hydrogen-bond acceptors (Lipinski definition) is 12. The molecule has 37 heteroatoms. The second kappa shape index (κ2) is 51.7. The van der Waals surface area contributed by atoms with E-state index in [0.29, 0.717) is 68.9 Å². The number of ether oxygens (including phenoxy) is 5. The number of fused-ring (bicyclic) bond motifs is 4. The SMILES string of the molecule is C=C(C)CCl.CC(C)(CCl)c1cc(Cl)ccc1O.CC1(C)COc2c(C=O)cc(Cl)cc21.CC1(C)COc2c(CCl)cc(Cl)cc21.CC1(C)COc2c(CO)cc(Cl)cc21.CC1(C)COc2ccc(Cl)cc21.COC(Cl)Cl.O=S(=O)(O)O.O=S(Cl)Cl.Oc1ccc(Cl)cc1.[B].[Cl][Ti]([Cl])([Cl])[Cl].[H-].[H-].[Na+].[Na+]. The number of carbonyl (C=O) groups is 1. The van der Waals surface area contributed by atoms with Gasteiger partial charge >= 0.3 is 119 Å². The van der Waals surface area contributed by atoms with E-state index in [9.17, 15) is 9.90 Å². The third kappa shape index (κ3) is 43.8. The van der Waals surface area contributed by atoms with Crippen molar-refractivity contribution in [1.82, 2.24) is 0 Å². The van der Waals surface area contributed by atoms with Crippen LogP contribution in [0.5, 0.6) is 34.5 Å². The van der Waals surface area contributed by atoms with Crippen LogP contribution in [0.25, 0.3) is 0 Å². The molecule has 0 saturated heterocycles. The third-order valence-corrected chi connectivity index (χ3v) is 16.4. The van der Waals surface area contributed by atoms with Gasteiger partial charge in [0.05, 0.1) is 44.5 Å². The minimum atomic E-state index is -4.67. The van der Waals surface area contributed by atoms with Gasteiger partial charge in [-0.1, -0.05) is 174 Å². The van der Waals surface area contributed by atoms with E-state index in [1.807, 2.05) is 63.2 Å². The molecule has 0 unspecified atom stereocenters. The van der Waals surface area contributed by atoms with Gasteiger partial charge in [0.1, 0.15) is 34.5 Å². The van der Waals surface area contributed by atoms with Gasteiger partial charge < -0.3 is 41.9 Å². The van der Waals surface area contributed by atoms with Gasteiger partial charge in [-0.15, -0.1) is 34.8 Å². The molecule has 10 rings (SSSR count). The summed E-state index contributed by atoms with van der Waals surface area (Å²) in [5, 5.41) is 30.8. The first-order chi connectivity index (χ1) is 45.3. The molecule has 6 aromatic rings. The quantitative estimate of drug-likeness (QED) is 0.0251. The van der Waals surface area contributed by atoms with Crippen LogP contribution in [0.2, 0.25) is 30.1 Å². The van der Waals surface area contributed by atoms with Crippen molar-refractivity contribution in [3.05, 3.63) is 184 Å². The molecule has 0 amide bonds. The Morgan fingerprint density at radius 2 is 0.951 bits per heavy atom. The molecule has 102 heavy (non-hydrogen) atoms. The minimum absolute atomic E-state index is 0. The Bertz CT molecular complexity index is 3600. The number of carbonyl (C=O) groups excluding carboxylic acids is 1. The molecule has 3 radical (unpaired) electrons. The largest absolute Gasteiger partial charge is 1.00 e. The van der Waals surface area contributed by atoms with Gasteiger partial charge in [0.25, 0.3) is 0 Å². The van der Waals surface area contributed by atoms with Crippen LogP contribution >= 0.6 is 186 Å². The Balaban J connectivity index is -0.000000259. The zero-order chi connectivity index (χ0) is 77.0. The van der Waals surface area contributed by atoms with Gasteiger partial charge in [0, 0.05) is 145 Å². The molecule has 5 N–H and O–H groups in total. The Labute approximate surface area is 735 Å². The van der Waals surface area contributed by atoms with Crippen LogP contribution in [0.3, 0.4) is 0 Å². The maximum absolute atomic E-state index is 10.8. The zero-order valence-corrected chi connectivity index (χ0v) is 78.0. The van der Waals surface area contributed by atoms with Gasteiger partial charge in [-0.05, 0) is 104 Å². The van der Waals surface area contributed by atoms with E-state index in [1.165, 1.54) is 18.2 Å². The van der Waals surface area contributed by atoms with Crippen molar-refractivity contribution in [2.24, 2.45) is 0 Å². The normalized spacial score (nSPS) is 14.0. The number of allylic oxidation sites excluding steroid dienone is 1. The minimum Gasteiger partial charge on any atom is -1.00 e. The topological polar surface area (TPSA) is 216 Å². The standard InChI is InChI=1S/C11H12Cl2O.C11H13ClO2.C11H11ClO2.C10H12Cl2O.C10H11ClO.C6H5ClO.C4H7Cl.C2H4Cl2O.B.Cl2OS.4ClH.2Na.H2O4S.Ti.2H/c1-11(2)6-14-10-7(5-12)3-8(13)4-9(10)11;2*1-11(2)6-14-10-7(5-13)3-8(12)4-9(10)11;1-10(2,6-11)8-5-7(12)3-4-9(8)13;1-10(2)6-12-9-4-3-7(11)5-8(9)10;7-5-1-3-6(8)4-2-5;1-4(2)3-5;1-5-2(3)4;;1-4(2)3;;;;;;;1-5(2,3)4;;;/h3-4H,5-6H2,1-2H3;3-4,13H,5-6H2,1-2H3;3-5H,6H2,1-2H3;3-5,13H,6H2,1-2H3;3-5H,6H2,1-2H3;1-4,8H;1,3H2,2H3;2H,1H3;;;4*1H;;;(H2,1,2,3,4);;;/q;;;;;;;;;;;;;;2*+1;;+4;2*-1/p-4. The van der Waals surface area contributed by atoms with E-state index in [0.717, 1.165) is 73.6 Å². The van der Waals surface area contributed by atoms with E-state index in [1.54, 1.807) is 54.6 Å². The summed E-state index contributed by atoms with van der Waals surface area (Å²) in [6, 6.07) is 28.2. The molecule has 0 bridgehead atoms. The molecule has 4 heterocycles. The second-order valence-corrected chi connectivity index (χ2v) is 47.6. The number of aliphatic hydroxyl groups excluding tert-OH is 1. The van der Waals surface area contributed by atoms with Crippen molar-refractivity contribution >= 4 is 221 Å². The summed E-state index contributed by atoms with van der Waals surface area (Å²) < 4.78 is 67.2. The Kier molecular flexibility index (Phi) is 55.6. The number of benzene rings is 6. The molecular weight excluding hydrogens is 1780 g/mol. The number of methoxy groups -OCH3 is 1. The average Bonchev–Trinajstić information content (AvgIpc) is 1.65. The number of hydrogen-bond donors (Lipinski definition) is 5. The van der Waals surface area contributed by atoms with Crippen molar-refractivity contribution in [3.63, 3.8) is 0 Å². The summed E-state index contributed by atoms with van der Waals surface area (Å²) in [5.41, 5.74) is 8.44. The summed E-state index contributed by atoms with van der Waals surface area (Å²) >= 11 is 58.9. The summed E-state index contributed by atoms with van der Waals surface area (Å²) in [7, 11) is 24.2. The van der Waals surface area contributed by atoms with Crippen LogP contribution in [0.15, 0.2) is 109 Å². The molecule has 6 aromatic carbocycles. The molecule has 0 atom stereocenters. The Morgan fingerprint density at radius 3 is 1.31 bits per heavy atom. The fourth-order valence-electron chi connectivity index (χ4n) is 8.28. The van der Waals surface area contributed by atoms with Crippen LogP contribution in [0.1, 0.15) is 128 Å². The Hall–Kier alpha value is 1.18. The third-order valence-electron chi connectivity index (χ3n) is 13.2. The molecule has 0 aliphatic carbocycles. The number of aromatic hydroxyl groups is 2. The molecule has 0 aromatic heterocycles. The van der Waals surface area contributed by atoms with E-state index in [2.05, 4.69) is 88.1 Å². The van der Waals surface area contributed by atoms with Gasteiger partial charge in [-0.25, -0.2) is 4.21 Å². The molecule has 4 aliphatic heterocycles. The number of phenolic OH excluding ortho intramolecular Hbond substituents is 2. The average molecular weight is 1860 g/mol. The van der Waals surface area contributed by atoms with Crippen LogP contribution in [-0.2, 0) is 76.3 Å². The molecule has 0 spiro atoms. The van der Waals surface area contributed by atoms with Gasteiger partial charge in [0.15, 0.2) is 6.29 Å². The number of aliphatic hydroxyl groups is 1. The van der Waals surface area contributed by atoms with E-state index >= 15 is 0 Å². The first kappa shape index (κ1) is 110. The van der Waals surface area contributed by atoms with Crippen LogP contribution in [0.4, 0.5) is 0 Å². The van der Waals surface area contributed by atoms with Crippen LogP contribution in [-0.4, -0.2) is 102 Å². The van der Waals surface area contributed by atoms with Crippen LogP contribution < -0.4 is 78.1 Å². The summed E-state index contributed by atoms with van der Waals surface area (Å²) in [6.07, 6.45) is 0.784. The number of aldehydes is 1. The molecular formula is C65H79BCl17Na2O14S2Ti. The molecule has 4 aliphatic rings. The van der Waals surface area contributed by atoms with Crippen LogP contribution in [0, 0.1) is 0 Å². The van der Waals surface area contributed by atoms with E-state index in [-0.39, 0.29) is 116 Å². The first-order valence-electron chi connectivity index (χ1n) is 28.4. The maximum atomic E-state index is 10.8. The molecule has 0 fully saturated rings. The number of phenols is 2. The molecule has 14 nitrogen and oxygen atoms in total. The van der Waals surface area contributed by atoms with Gasteiger partial charge in [-0.3, -0.25) is 13.9 Å². The smallest absolute Gasteiger partial charge is 1.00 e. The summed E-state index contributed by atoms with van der Waals surface area (Å²) in [4.78, 5) is 10.8. The maximum Gasteiger partial charge on any atom is 1.00 e. The van der Waals surface area contributed by atoms with Crippen molar-refractivity contribution in [1.29, 1.82) is 0 Å². The predicted octanol–water partition coefficient (Wildman–Crippen LogP) is 17.9. The molecule has 0 saturated carbocycles. The van der Waals surface area contributed by atoms with Gasteiger partial charge in [-0.2, -0.15) is 8.42 Å². The van der Waals surface area contributed by atoms with Crippen molar-refractivity contribution in [2.75, 3.05) is 45.3 Å². The van der Waals surface area contributed by atoms with E-state index < -0.39 is 37.0 Å². The Morgan fingerprint density at radius 1 is 0.627 bits per heavy atom. The summed E-state index contributed by atoms with van der Waals surface area (Å²) in [6.45, 7) is 29.0. The monoisotopic (exact) mass is 1850 g/mol. The van der Waals surface area contributed by atoms with E-state index in [4.69, 9.17) is 216 Å². The van der Waals surface area contributed by atoms with Crippen molar-refractivity contribution in [2.45, 2.75) is 121 Å². The zero-order valence-electron chi connectivity index (χ0n) is 60.0. The summed E-state index contributed by atoms with van der Waals surface area (Å²) in [5.74, 6) is 5.36. The number of rotatable bonds is 7. The first-order valence-corrected chi connectivity index (χ1v) is 45.9. The fraction of sp³-hybridized carbons (Fsp3) is 0.400. The van der Waals surface area contributed by atoms with Gasteiger partial charge in [0.2, 0.25) is 14.2 Å². The second-order valence-electron chi connectivity index (χ2n) is 24.3. The van der Waals surface area contributed by atoms with Crippen molar-refractivity contribution in [3.8, 4) is 34.5 Å². The number of alkyl halides is 5. The molecule has 563 valence electrons. The number of halogens is 17.